The van der Waals surface area contributed by atoms with Gasteiger partial charge in [0, 0.05) is 36.9 Å². The maximum Gasteiger partial charge on any atom is 0.225 e. The molecule has 0 aliphatic rings. The highest BCUT2D eigenvalue weighted by Gasteiger charge is 2.47. The van der Waals surface area contributed by atoms with Crippen LogP contribution in [0.25, 0.3) is 0 Å². The van der Waals surface area contributed by atoms with Crippen molar-refractivity contribution in [2.75, 3.05) is 0 Å². The molecule has 7 nitrogen and oxygen atoms in total. The number of Topliss-reactive ketones (excluding diaryl/α,β-unsaturated/α-hetero) is 2. The van der Waals surface area contributed by atoms with E-state index in [9.17, 15) is 14.4 Å². The molecule has 0 aromatic carbocycles. The molecule has 0 amide bonds. The number of aromatic nitrogens is 4. The lowest BCUT2D eigenvalue weighted by Gasteiger charge is -2.24. The third-order valence-electron chi connectivity index (χ3n) is 4.01. The van der Waals surface area contributed by atoms with Gasteiger partial charge in [-0.1, -0.05) is 0 Å². The second kappa shape index (κ2) is 7.04. The minimum atomic E-state index is -2.01. The first-order valence-corrected chi connectivity index (χ1v) is 7.63. The maximum absolute atomic E-state index is 13.0. The SMILES string of the molecule is O=[C]C(C(=O)Cc1c[nH]cn1)(C(=O)Cc1ccc[nH]1)c1ccncc1. The summed E-state index contributed by atoms with van der Waals surface area (Å²) in [5.74, 6) is -1.12. The van der Waals surface area contributed by atoms with Crippen LogP contribution in [0.4, 0.5) is 0 Å². The topological polar surface area (TPSA) is 109 Å². The molecule has 0 aliphatic heterocycles. The molecule has 0 aliphatic carbocycles. The summed E-state index contributed by atoms with van der Waals surface area (Å²) < 4.78 is 0. The lowest BCUT2D eigenvalue weighted by Crippen LogP contribution is -2.47. The summed E-state index contributed by atoms with van der Waals surface area (Å²) in [6.45, 7) is 0. The molecule has 3 heterocycles. The number of H-pyrrole nitrogens is 2. The smallest absolute Gasteiger partial charge is 0.225 e. The van der Waals surface area contributed by atoms with Gasteiger partial charge in [0.2, 0.25) is 6.29 Å². The molecule has 3 aromatic heterocycles. The number of nitrogens with zero attached hydrogens (tertiary/aromatic N) is 2. The minimum Gasteiger partial charge on any atom is -0.365 e. The molecule has 0 fully saturated rings. The zero-order valence-electron chi connectivity index (χ0n) is 13.2. The predicted octanol–water partition coefficient (Wildman–Crippen LogP) is 1.10. The fraction of sp³-hybridized carbons (Fsp3) is 0.167. The van der Waals surface area contributed by atoms with Crippen molar-refractivity contribution in [1.29, 1.82) is 0 Å². The van der Waals surface area contributed by atoms with E-state index in [2.05, 4.69) is 19.9 Å². The average molecular weight is 335 g/mol. The van der Waals surface area contributed by atoms with Gasteiger partial charge in [-0.3, -0.25) is 19.4 Å². The summed E-state index contributed by atoms with van der Waals surface area (Å²) in [5.41, 5.74) is -0.681. The van der Waals surface area contributed by atoms with E-state index in [-0.39, 0.29) is 18.4 Å². The first-order chi connectivity index (χ1) is 12.2. The molecular formula is C18H15N4O3. The van der Waals surface area contributed by atoms with E-state index >= 15 is 0 Å². The summed E-state index contributed by atoms with van der Waals surface area (Å²) in [4.78, 5) is 51.4. The zero-order valence-corrected chi connectivity index (χ0v) is 13.2. The Balaban J connectivity index is 2.01. The van der Waals surface area contributed by atoms with Gasteiger partial charge >= 0.3 is 0 Å². The summed E-state index contributed by atoms with van der Waals surface area (Å²) in [5, 5.41) is 0. The number of ketones is 2. The Labute approximate surface area is 143 Å². The minimum absolute atomic E-state index is 0.0864. The number of pyridine rings is 1. The highest BCUT2D eigenvalue weighted by molar-refractivity contribution is 6.25. The highest BCUT2D eigenvalue weighted by Crippen LogP contribution is 2.27. The van der Waals surface area contributed by atoms with Crippen LogP contribution in [0.15, 0.2) is 55.4 Å². The molecule has 125 valence electrons. The van der Waals surface area contributed by atoms with Gasteiger partial charge in [-0.2, -0.15) is 0 Å². The number of imidazole rings is 1. The van der Waals surface area contributed by atoms with Gasteiger partial charge in [0.15, 0.2) is 17.0 Å². The van der Waals surface area contributed by atoms with Crippen molar-refractivity contribution in [2.45, 2.75) is 18.3 Å². The van der Waals surface area contributed by atoms with Crippen molar-refractivity contribution < 1.29 is 14.4 Å². The molecule has 3 rings (SSSR count). The Hall–Kier alpha value is -3.35. The van der Waals surface area contributed by atoms with Crippen LogP contribution in [0.3, 0.4) is 0 Å². The van der Waals surface area contributed by atoms with Crippen LogP contribution in [0.2, 0.25) is 0 Å². The Morgan fingerprint density at radius 3 is 2.48 bits per heavy atom. The van der Waals surface area contributed by atoms with Gasteiger partial charge in [0.25, 0.3) is 0 Å². The standard InChI is InChI=1S/C18H15N4O3/c23-11-18(13-3-6-19-7-4-13,16(24)8-14-2-1-5-21-14)17(25)9-15-10-20-12-22-15/h1-7,10,12,21H,8-9H2,(H,20,22). The van der Waals surface area contributed by atoms with Crippen LogP contribution >= 0.6 is 0 Å². The number of hydrogen-bond donors (Lipinski definition) is 2. The number of carbonyl (C=O) groups is 2. The van der Waals surface area contributed by atoms with Crippen molar-refractivity contribution in [1.82, 2.24) is 19.9 Å². The molecule has 1 unspecified atom stereocenters. The van der Waals surface area contributed by atoms with E-state index in [0.717, 1.165) is 0 Å². The number of aromatic amines is 2. The van der Waals surface area contributed by atoms with E-state index in [0.29, 0.717) is 11.4 Å². The molecule has 3 aromatic rings. The molecule has 0 saturated heterocycles. The van der Waals surface area contributed by atoms with Gasteiger partial charge in [0.1, 0.15) is 0 Å². The van der Waals surface area contributed by atoms with Crippen LogP contribution in [0.1, 0.15) is 17.0 Å². The van der Waals surface area contributed by atoms with E-state index in [1.807, 2.05) is 0 Å². The normalized spacial score (nSPS) is 13.1. The van der Waals surface area contributed by atoms with Crippen molar-refractivity contribution >= 4 is 17.9 Å². The Kier molecular flexibility index (Phi) is 4.65. The summed E-state index contributed by atoms with van der Waals surface area (Å²) in [7, 11) is 0. The van der Waals surface area contributed by atoms with E-state index in [1.54, 1.807) is 30.8 Å². The Bertz CT molecular complexity index is 807. The first-order valence-electron chi connectivity index (χ1n) is 7.63. The average Bonchev–Trinajstić information content (AvgIpc) is 3.31. The Morgan fingerprint density at radius 1 is 1.12 bits per heavy atom. The van der Waals surface area contributed by atoms with E-state index < -0.39 is 17.0 Å². The maximum atomic E-state index is 13.0. The number of nitrogens with one attached hydrogen (secondary N) is 2. The lowest BCUT2D eigenvalue weighted by molar-refractivity contribution is -0.131. The van der Waals surface area contributed by atoms with E-state index in [1.165, 1.54) is 30.9 Å². The lowest BCUT2D eigenvalue weighted by atomic mass is 9.72. The Morgan fingerprint density at radius 2 is 1.88 bits per heavy atom. The van der Waals surface area contributed by atoms with Gasteiger partial charge in [-0.15, -0.1) is 0 Å². The molecule has 7 heteroatoms. The van der Waals surface area contributed by atoms with Crippen molar-refractivity contribution in [3.8, 4) is 0 Å². The number of carbonyl (C=O) groups excluding carboxylic acids is 3. The van der Waals surface area contributed by atoms with Gasteiger partial charge in [-0.05, 0) is 29.8 Å². The summed E-state index contributed by atoms with van der Waals surface area (Å²) in [6.07, 6.45) is 9.01. The van der Waals surface area contributed by atoms with Crippen molar-refractivity contribution in [3.63, 3.8) is 0 Å². The van der Waals surface area contributed by atoms with Gasteiger partial charge in [-0.25, -0.2) is 4.98 Å². The van der Waals surface area contributed by atoms with Gasteiger partial charge < -0.3 is 9.97 Å². The molecule has 2 N–H and O–H groups in total. The quantitative estimate of drug-likeness (QED) is 0.599. The summed E-state index contributed by atoms with van der Waals surface area (Å²) in [6, 6.07) is 6.44. The molecule has 0 bridgehead atoms. The largest absolute Gasteiger partial charge is 0.365 e. The van der Waals surface area contributed by atoms with Crippen LogP contribution in [0.5, 0.6) is 0 Å². The van der Waals surface area contributed by atoms with Gasteiger partial charge in [0.05, 0.1) is 18.4 Å². The third kappa shape index (κ3) is 3.16. The molecular weight excluding hydrogens is 320 g/mol. The van der Waals surface area contributed by atoms with E-state index in [4.69, 9.17) is 0 Å². The molecule has 25 heavy (non-hydrogen) atoms. The van der Waals surface area contributed by atoms with Crippen molar-refractivity contribution in [2.24, 2.45) is 0 Å². The monoisotopic (exact) mass is 335 g/mol. The van der Waals surface area contributed by atoms with Crippen molar-refractivity contribution in [3.05, 3.63) is 72.3 Å². The molecule has 0 saturated carbocycles. The van der Waals surface area contributed by atoms with Crippen LogP contribution in [-0.2, 0) is 32.6 Å². The molecule has 1 atom stereocenters. The fourth-order valence-corrected chi connectivity index (χ4v) is 2.72. The predicted molar refractivity (Wildman–Crippen MR) is 88.4 cm³/mol. The summed E-state index contributed by atoms with van der Waals surface area (Å²) >= 11 is 0. The molecule has 1 radical (unpaired) electrons. The van der Waals surface area contributed by atoms with Crippen LogP contribution in [0, 0.1) is 0 Å². The highest BCUT2D eigenvalue weighted by atomic mass is 16.2. The van der Waals surface area contributed by atoms with Crippen LogP contribution < -0.4 is 0 Å². The number of rotatable bonds is 8. The second-order valence-corrected chi connectivity index (χ2v) is 5.54. The fourth-order valence-electron chi connectivity index (χ4n) is 2.72. The first kappa shape index (κ1) is 16.5. The third-order valence-corrected chi connectivity index (χ3v) is 4.01. The zero-order chi connectivity index (χ0) is 17.7. The second-order valence-electron chi connectivity index (χ2n) is 5.54. The number of hydrogen-bond acceptors (Lipinski definition) is 5. The van der Waals surface area contributed by atoms with Crippen LogP contribution in [-0.4, -0.2) is 37.8 Å². The molecule has 0 spiro atoms.